The molecule has 0 radical (unpaired) electrons. The Morgan fingerprint density at radius 2 is 2.10 bits per heavy atom. The highest BCUT2D eigenvalue weighted by molar-refractivity contribution is 6.31. The molecule has 106 valence electrons. The molecule has 0 aliphatic rings. The molecule has 1 aromatic carbocycles. The summed E-state index contributed by atoms with van der Waals surface area (Å²) in [4.78, 5) is 22.4. The van der Waals surface area contributed by atoms with Crippen LogP contribution in [0.3, 0.4) is 0 Å². The van der Waals surface area contributed by atoms with E-state index in [2.05, 4.69) is 5.32 Å². The lowest BCUT2D eigenvalue weighted by Gasteiger charge is -2.24. The lowest BCUT2D eigenvalue weighted by molar-refractivity contribution is -0.385. The summed E-state index contributed by atoms with van der Waals surface area (Å²) in [6, 6.07) is 5.84. The van der Waals surface area contributed by atoms with E-state index in [1.165, 1.54) is 12.1 Å². The van der Waals surface area contributed by atoms with Gasteiger partial charge in [0.1, 0.15) is 11.1 Å². The third kappa shape index (κ3) is 3.25. The van der Waals surface area contributed by atoms with Gasteiger partial charge in [0, 0.05) is 11.1 Å². The van der Waals surface area contributed by atoms with Crippen molar-refractivity contribution >= 4 is 23.2 Å². The summed E-state index contributed by atoms with van der Waals surface area (Å²) in [7, 11) is 0. The van der Waals surface area contributed by atoms with Crippen LogP contribution >= 0.6 is 11.6 Å². The zero-order valence-electron chi connectivity index (χ0n) is 11.1. The average Bonchev–Trinajstić information content (AvgIpc) is 2.44. The molecule has 0 aliphatic heterocycles. The highest BCUT2D eigenvalue weighted by Gasteiger charge is 2.30. The van der Waals surface area contributed by atoms with Gasteiger partial charge >= 0.3 is 0 Å². The van der Waals surface area contributed by atoms with Crippen molar-refractivity contribution in [1.82, 2.24) is 5.32 Å². The van der Waals surface area contributed by atoms with Gasteiger partial charge in [-0.2, -0.15) is 5.26 Å². The monoisotopic (exact) mass is 295 g/mol. The zero-order valence-corrected chi connectivity index (χ0v) is 11.9. The van der Waals surface area contributed by atoms with Crippen molar-refractivity contribution in [2.75, 3.05) is 0 Å². The second kappa shape index (κ2) is 6.35. The van der Waals surface area contributed by atoms with Crippen LogP contribution < -0.4 is 5.32 Å². The molecule has 7 heteroatoms. The maximum atomic E-state index is 12.2. The van der Waals surface area contributed by atoms with Crippen molar-refractivity contribution in [1.29, 1.82) is 5.26 Å². The predicted molar refractivity (Wildman–Crippen MR) is 74.5 cm³/mol. The number of rotatable bonds is 5. The predicted octanol–water partition coefficient (Wildman–Crippen LogP) is 3.06. The fourth-order valence-corrected chi connectivity index (χ4v) is 1.91. The van der Waals surface area contributed by atoms with Gasteiger partial charge in [-0.25, -0.2) is 0 Å². The topological polar surface area (TPSA) is 96.0 Å². The summed E-state index contributed by atoms with van der Waals surface area (Å²) in [5.41, 5.74) is -1.51. The van der Waals surface area contributed by atoms with Gasteiger partial charge in [-0.1, -0.05) is 25.4 Å². The first kappa shape index (κ1) is 15.9. The number of amides is 1. The Hall–Kier alpha value is -2.13. The fourth-order valence-electron chi connectivity index (χ4n) is 1.75. The minimum Gasteiger partial charge on any atom is -0.334 e. The van der Waals surface area contributed by atoms with Crippen LogP contribution in [-0.2, 0) is 0 Å². The average molecular weight is 296 g/mol. The third-order valence-corrected chi connectivity index (χ3v) is 3.41. The van der Waals surface area contributed by atoms with Crippen molar-refractivity contribution in [3.05, 3.63) is 38.9 Å². The number of benzene rings is 1. The van der Waals surface area contributed by atoms with Crippen LogP contribution in [0, 0.1) is 21.4 Å². The molecule has 0 fully saturated rings. The molecule has 0 atom stereocenters. The maximum absolute atomic E-state index is 12.2. The van der Waals surface area contributed by atoms with Gasteiger partial charge in [-0.15, -0.1) is 0 Å². The minimum atomic E-state index is -1.02. The molecule has 0 heterocycles. The van der Waals surface area contributed by atoms with Crippen molar-refractivity contribution < 1.29 is 9.72 Å². The van der Waals surface area contributed by atoms with Crippen LogP contribution in [0.5, 0.6) is 0 Å². The number of nitro groups is 1. The summed E-state index contributed by atoms with van der Waals surface area (Å²) in [5.74, 6) is -0.654. The van der Waals surface area contributed by atoms with Crippen LogP contribution in [0.25, 0.3) is 0 Å². The van der Waals surface area contributed by atoms with E-state index in [4.69, 9.17) is 11.6 Å². The highest BCUT2D eigenvalue weighted by atomic mass is 35.5. The number of nitriles is 1. The van der Waals surface area contributed by atoms with Crippen molar-refractivity contribution in [3.63, 3.8) is 0 Å². The van der Waals surface area contributed by atoms with Crippen LogP contribution in [0.15, 0.2) is 18.2 Å². The van der Waals surface area contributed by atoms with Gasteiger partial charge in [0.15, 0.2) is 0 Å². The van der Waals surface area contributed by atoms with Crippen LogP contribution in [0.4, 0.5) is 5.69 Å². The van der Waals surface area contributed by atoms with E-state index in [9.17, 15) is 20.2 Å². The Bertz CT molecular complexity index is 577. The Morgan fingerprint density at radius 3 is 2.55 bits per heavy atom. The number of hydrogen-bond acceptors (Lipinski definition) is 4. The number of nitrogens with zero attached hydrogens (tertiary/aromatic N) is 2. The first-order chi connectivity index (χ1) is 9.39. The van der Waals surface area contributed by atoms with Gasteiger partial charge in [-0.3, -0.25) is 14.9 Å². The van der Waals surface area contributed by atoms with E-state index in [0.717, 1.165) is 6.07 Å². The van der Waals surface area contributed by atoms with Gasteiger partial charge in [0.2, 0.25) is 0 Å². The Kier molecular flexibility index (Phi) is 5.06. The summed E-state index contributed by atoms with van der Waals surface area (Å²) < 4.78 is 0. The molecule has 0 spiro atoms. The molecule has 0 aromatic heterocycles. The Labute approximate surface area is 121 Å². The lowest BCUT2D eigenvalue weighted by atomic mass is 9.94. The number of nitro benzene ring substituents is 1. The van der Waals surface area contributed by atoms with E-state index in [0.29, 0.717) is 12.8 Å². The number of hydrogen-bond donors (Lipinski definition) is 1. The summed E-state index contributed by atoms with van der Waals surface area (Å²) in [5, 5.41) is 22.9. The molecule has 0 saturated carbocycles. The van der Waals surface area contributed by atoms with E-state index >= 15 is 0 Å². The number of halogens is 1. The minimum absolute atomic E-state index is 0.110. The molecule has 0 saturated heterocycles. The summed E-state index contributed by atoms with van der Waals surface area (Å²) in [6.07, 6.45) is 0.820. The smallest absolute Gasteiger partial charge is 0.283 e. The Morgan fingerprint density at radius 1 is 1.50 bits per heavy atom. The second-order valence-electron chi connectivity index (χ2n) is 4.27. The molecule has 0 bridgehead atoms. The normalized spacial score (nSPS) is 10.7. The first-order valence-electron chi connectivity index (χ1n) is 6.06. The van der Waals surface area contributed by atoms with E-state index in [-0.39, 0.29) is 16.3 Å². The molecule has 20 heavy (non-hydrogen) atoms. The first-order valence-corrected chi connectivity index (χ1v) is 6.44. The number of carbonyl (C=O) groups excluding carboxylic acids is 1. The van der Waals surface area contributed by atoms with Crippen molar-refractivity contribution in [2.24, 2.45) is 0 Å². The standard InChI is InChI=1S/C13H14ClN3O3/c1-3-13(4-2,8-15)16-12(18)10-6-5-9(14)7-11(10)17(19)20/h5-7H,3-4H2,1-2H3,(H,16,18). The van der Waals surface area contributed by atoms with E-state index < -0.39 is 16.4 Å². The van der Waals surface area contributed by atoms with Crippen molar-refractivity contribution in [3.8, 4) is 6.07 Å². The quantitative estimate of drug-likeness (QED) is 0.667. The lowest BCUT2D eigenvalue weighted by Crippen LogP contribution is -2.46. The van der Waals surface area contributed by atoms with Crippen LogP contribution in [0.2, 0.25) is 5.02 Å². The SMILES string of the molecule is CCC(C#N)(CC)NC(=O)c1ccc(Cl)cc1[N+](=O)[O-]. The molecule has 1 N–H and O–H groups in total. The Balaban J connectivity index is 3.17. The second-order valence-corrected chi connectivity index (χ2v) is 4.71. The van der Waals surface area contributed by atoms with Crippen LogP contribution in [0.1, 0.15) is 37.0 Å². The van der Waals surface area contributed by atoms with Crippen molar-refractivity contribution in [2.45, 2.75) is 32.2 Å². The molecule has 0 unspecified atom stereocenters. The molecule has 0 aliphatic carbocycles. The van der Waals surface area contributed by atoms with Gasteiger partial charge in [0.05, 0.1) is 11.0 Å². The molecule has 1 rings (SSSR count). The number of carbonyl (C=O) groups is 1. The van der Waals surface area contributed by atoms with Gasteiger partial charge < -0.3 is 5.32 Å². The summed E-state index contributed by atoms with van der Waals surface area (Å²) >= 11 is 5.69. The van der Waals surface area contributed by atoms with Crippen LogP contribution in [-0.4, -0.2) is 16.4 Å². The third-order valence-electron chi connectivity index (χ3n) is 3.18. The number of nitrogens with one attached hydrogen (secondary N) is 1. The fraction of sp³-hybridized carbons (Fsp3) is 0.385. The highest BCUT2D eigenvalue weighted by Crippen LogP contribution is 2.24. The molecule has 1 aromatic rings. The molecule has 6 nitrogen and oxygen atoms in total. The molecule has 1 amide bonds. The maximum Gasteiger partial charge on any atom is 0.283 e. The van der Waals surface area contributed by atoms with Gasteiger partial charge in [-0.05, 0) is 25.0 Å². The molecular formula is C13H14ClN3O3. The zero-order chi connectivity index (χ0) is 15.3. The van der Waals surface area contributed by atoms with Gasteiger partial charge in [0.25, 0.3) is 11.6 Å². The summed E-state index contributed by atoms with van der Waals surface area (Å²) in [6.45, 7) is 3.53. The molecular weight excluding hydrogens is 282 g/mol. The van der Waals surface area contributed by atoms with E-state index in [1.807, 2.05) is 6.07 Å². The largest absolute Gasteiger partial charge is 0.334 e. The van der Waals surface area contributed by atoms with E-state index in [1.54, 1.807) is 13.8 Å².